The Bertz CT molecular complexity index is 331. The molecule has 1 aliphatic rings. The van der Waals surface area contributed by atoms with Crippen LogP contribution in [0.5, 0.6) is 0 Å². The molecule has 1 saturated heterocycles. The van der Waals surface area contributed by atoms with Gasteiger partial charge in [0.15, 0.2) is 0 Å². The number of piperazine rings is 1. The van der Waals surface area contributed by atoms with Crippen molar-refractivity contribution < 1.29 is 9.90 Å². The van der Waals surface area contributed by atoms with E-state index >= 15 is 0 Å². The number of nitrogens with one attached hydrogen (secondary N) is 1. The Balaban J connectivity index is 2.59. The van der Waals surface area contributed by atoms with Gasteiger partial charge in [0.25, 0.3) is 0 Å². The number of hydrogen-bond donors (Lipinski definition) is 2. The zero-order valence-corrected chi connectivity index (χ0v) is 13.9. The molecular weight excluding hydrogens is 254 g/mol. The molecule has 5 heteroatoms. The van der Waals surface area contributed by atoms with Gasteiger partial charge in [0, 0.05) is 44.3 Å². The molecule has 0 aromatic rings. The summed E-state index contributed by atoms with van der Waals surface area (Å²) >= 11 is 0. The van der Waals surface area contributed by atoms with Crippen molar-refractivity contribution in [1.82, 2.24) is 15.1 Å². The quantitative estimate of drug-likeness (QED) is 0.796. The lowest BCUT2D eigenvalue weighted by molar-refractivity contribution is -0.145. The Kier molecular flexibility index (Phi) is 5.58. The van der Waals surface area contributed by atoms with Gasteiger partial charge in [-0.05, 0) is 41.5 Å². The third kappa shape index (κ3) is 4.72. The van der Waals surface area contributed by atoms with E-state index < -0.39 is 11.5 Å². The van der Waals surface area contributed by atoms with E-state index in [0.717, 1.165) is 26.2 Å². The predicted octanol–water partition coefficient (Wildman–Crippen LogP) is 1.24. The molecule has 1 rings (SSSR count). The van der Waals surface area contributed by atoms with Crippen LogP contribution >= 0.6 is 0 Å². The Morgan fingerprint density at radius 1 is 1.15 bits per heavy atom. The van der Waals surface area contributed by atoms with Crippen LogP contribution < -0.4 is 5.32 Å². The molecule has 2 N–H and O–H groups in total. The molecule has 118 valence electrons. The maximum atomic E-state index is 11.6. The van der Waals surface area contributed by atoms with Crippen molar-refractivity contribution in [2.75, 3.05) is 32.7 Å². The first kappa shape index (κ1) is 17.4. The molecule has 1 fully saturated rings. The number of hydrogen-bond acceptors (Lipinski definition) is 4. The highest BCUT2D eigenvalue weighted by molar-refractivity contribution is 5.78. The molecule has 1 unspecified atom stereocenters. The highest BCUT2D eigenvalue weighted by Crippen LogP contribution is 2.17. The van der Waals surface area contributed by atoms with Gasteiger partial charge in [-0.3, -0.25) is 19.9 Å². The normalized spacial score (nSPS) is 21.9. The standard InChI is InChI=1S/C15H31N3O2/c1-12(2)16-15(6,13(19)20)11-17-7-9-18(10-8-17)14(3,4)5/h12,16H,7-11H2,1-6H3,(H,19,20). The number of nitrogens with zero attached hydrogens (tertiary/aromatic N) is 2. The van der Waals surface area contributed by atoms with Crippen molar-refractivity contribution in [1.29, 1.82) is 0 Å². The first-order chi connectivity index (χ1) is 9.04. The lowest BCUT2D eigenvalue weighted by atomic mass is 9.99. The number of carbonyl (C=O) groups is 1. The van der Waals surface area contributed by atoms with E-state index in [4.69, 9.17) is 0 Å². The maximum Gasteiger partial charge on any atom is 0.324 e. The zero-order chi connectivity index (χ0) is 15.6. The van der Waals surface area contributed by atoms with Crippen molar-refractivity contribution >= 4 is 5.97 Å². The van der Waals surface area contributed by atoms with Crippen LogP contribution in [-0.2, 0) is 4.79 Å². The van der Waals surface area contributed by atoms with Gasteiger partial charge in [-0.25, -0.2) is 0 Å². The van der Waals surface area contributed by atoms with E-state index in [1.807, 2.05) is 13.8 Å². The van der Waals surface area contributed by atoms with Crippen molar-refractivity contribution in [3.8, 4) is 0 Å². The monoisotopic (exact) mass is 285 g/mol. The summed E-state index contributed by atoms with van der Waals surface area (Å²) in [6, 6.07) is 0.159. The van der Waals surface area contributed by atoms with Crippen LogP contribution in [0.1, 0.15) is 41.5 Å². The van der Waals surface area contributed by atoms with Crippen molar-refractivity contribution in [2.24, 2.45) is 0 Å². The summed E-state index contributed by atoms with van der Waals surface area (Å²) < 4.78 is 0. The van der Waals surface area contributed by atoms with Gasteiger partial charge in [0.05, 0.1) is 0 Å². The molecule has 0 saturated carbocycles. The summed E-state index contributed by atoms with van der Waals surface area (Å²) in [7, 11) is 0. The first-order valence-corrected chi connectivity index (χ1v) is 7.53. The van der Waals surface area contributed by atoms with Crippen LogP contribution in [0.3, 0.4) is 0 Å². The van der Waals surface area contributed by atoms with Crippen LogP contribution in [0.15, 0.2) is 0 Å². The van der Waals surface area contributed by atoms with Gasteiger partial charge < -0.3 is 5.11 Å². The summed E-state index contributed by atoms with van der Waals surface area (Å²) in [6.07, 6.45) is 0. The number of carboxylic acid groups (broad SMARTS) is 1. The third-order valence-electron chi connectivity index (χ3n) is 3.94. The highest BCUT2D eigenvalue weighted by atomic mass is 16.4. The molecule has 0 spiro atoms. The summed E-state index contributed by atoms with van der Waals surface area (Å²) in [5.41, 5.74) is -0.684. The van der Waals surface area contributed by atoms with Crippen LogP contribution in [0.2, 0.25) is 0 Å². The van der Waals surface area contributed by atoms with E-state index in [1.165, 1.54) is 0 Å². The lowest BCUT2D eigenvalue weighted by Crippen LogP contribution is -2.62. The van der Waals surface area contributed by atoms with Crippen LogP contribution in [0, 0.1) is 0 Å². The largest absolute Gasteiger partial charge is 0.480 e. The van der Waals surface area contributed by atoms with Gasteiger partial charge in [-0.2, -0.15) is 0 Å². The molecule has 0 radical (unpaired) electrons. The fraction of sp³-hybridized carbons (Fsp3) is 0.933. The summed E-state index contributed by atoms with van der Waals surface area (Å²) in [4.78, 5) is 16.3. The number of carboxylic acids is 1. The molecule has 0 aromatic carbocycles. The smallest absolute Gasteiger partial charge is 0.324 e. The van der Waals surface area contributed by atoms with Crippen molar-refractivity contribution in [3.05, 3.63) is 0 Å². The molecule has 20 heavy (non-hydrogen) atoms. The fourth-order valence-corrected chi connectivity index (χ4v) is 2.84. The Morgan fingerprint density at radius 2 is 1.65 bits per heavy atom. The molecular formula is C15H31N3O2. The van der Waals surface area contributed by atoms with Gasteiger partial charge in [0.2, 0.25) is 0 Å². The molecule has 0 aromatic heterocycles. The van der Waals surface area contributed by atoms with E-state index in [1.54, 1.807) is 6.92 Å². The van der Waals surface area contributed by atoms with Crippen molar-refractivity contribution in [3.63, 3.8) is 0 Å². The summed E-state index contributed by atoms with van der Waals surface area (Å²) in [6.45, 7) is 16.8. The van der Waals surface area contributed by atoms with Gasteiger partial charge in [-0.1, -0.05) is 0 Å². The first-order valence-electron chi connectivity index (χ1n) is 7.53. The minimum absolute atomic E-state index is 0.159. The van der Waals surface area contributed by atoms with E-state index in [0.29, 0.717) is 6.54 Å². The fourth-order valence-electron chi connectivity index (χ4n) is 2.84. The number of rotatable bonds is 5. The summed E-state index contributed by atoms with van der Waals surface area (Å²) in [5.74, 6) is -0.774. The SMILES string of the molecule is CC(C)NC(C)(CN1CCN(C(C)(C)C)CC1)C(=O)O. The minimum atomic E-state index is -0.877. The molecule has 1 heterocycles. The second-order valence-corrected chi connectivity index (χ2v) is 7.37. The maximum absolute atomic E-state index is 11.6. The molecule has 0 aliphatic carbocycles. The van der Waals surface area contributed by atoms with E-state index in [2.05, 4.69) is 35.9 Å². The average molecular weight is 285 g/mol. The van der Waals surface area contributed by atoms with E-state index in [-0.39, 0.29) is 11.6 Å². The Hall–Kier alpha value is -0.650. The molecule has 1 atom stereocenters. The molecule has 0 bridgehead atoms. The topological polar surface area (TPSA) is 55.8 Å². The second-order valence-electron chi connectivity index (χ2n) is 7.37. The lowest BCUT2D eigenvalue weighted by Gasteiger charge is -2.44. The van der Waals surface area contributed by atoms with Gasteiger partial charge in [0.1, 0.15) is 5.54 Å². The number of aliphatic carboxylic acids is 1. The second kappa shape index (κ2) is 6.41. The molecule has 5 nitrogen and oxygen atoms in total. The van der Waals surface area contributed by atoms with Crippen LogP contribution in [0.25, 0.3) is 0 Å². The summed E-state index contributed by atoms with van der Waals surface area (Å²) in [5, 5.41) is 12.7. The van der Waals surface area contributed by atoms with E-state index in [9.17, 15) is 9.90 Å². The predicted molar refractivity (Wildman–Crippen MR) is 82.1 cm³/mol. The zero-order valence-electron chi connectivity index (χ0n) is 13.9. The van der Waals surface area contributed by atoms with Crippen molar-refractivity contribution in [2.45, 2.75) is 58.7 Å². The van der Waals surface area contributed by atoms with Gasteiger partial charge in [-0.15, -0.1) is 0 Å². The van der Waals surface area contributed by atoms with Crippen LogP contribution in [0.4, 0.5) is 0 Å². The average Bonchev–Trinajstić information content (AvgIpc) is 2.26. The Morgan fingerprint density at radius 3 is 2.00 bits per heavy atom. The van der Waals surface area contributed by atoms with Crippen LogP contribution in [-0.4, -0.2) is 70.7 Å². The van der Waals surface area contributed by atoms with Gasteiger partial charge >= 0.3 is 5.97 Å². The molecule has 1 aliphatic heterocycles. The highest BCUT2D eigenvalue weighted by Gasteiger charge is 2.37. The molecule has 0 amide bonds. The Labute approximate surface area is 123 Å². The third-order valence-corrected chi connectivity index (χ3v) is 3.94. The minimum Gasteiger partial charge on any atom is -0.480 e.